The molecule has 0 aliphatic carbocycles. The second kappa shape index (κ2) is 4.63. The fourth-order valence-corrected chi connectivity index (χ4v) is 2.66. The minimum Gasteiger partial charge on any atom is -0.309 e. The maximum Gasteiger partial charge on any atom is 0.193 e. The van der Waals surface area contributed by atoms with E-state index in [1.54, 1.807) is 0 Å². The van der Waals surface area contributed by atoms with E-state index < -0.39 is 0 Å². The smallest absolute Gasteiger partial charge is 0.193 e. The van der Waals surface area contributed by atoms with E-state index >= 15 is 0 Å². The fraction of sp³-hybridized carbons (Fsp3) is 0.235. The van der Waals surface area contributed by atoms with Crippen LogP contribution in [0.3, 0.4) is 0 Å². The topological polar surface area (TPSA) is 29.1 Å². The predicted octanol–water partition coefficient (Wildman–Crippen LogP) is 3.14. The Morgan fingerprint density at radius 3 is 2.58 bits per heavy atom. The van der Waals surface area contributed by atoms with Crippen molar-refractivity contribution in [1.29, 1.82) is 0 Å². The van der Waals surface area contributed by atoms with Crippen molar-refractivity contribution in [2.75, 3.05) is 0 Å². The lowest BCUT2D eigenvalue weighted by Gasteiger charge is -2.07. The molecule has 1 N–H and O–H groups in total. The SMILES string of the molecule is Cc1ccc(C(=O)c2ccc3c(c2)CNC3)c(C)c1. The van der Waals surface area contributed by atoms with Crippen LogP contribution in [0.15, 0.2) is 36.4 Å². The van der Waals surface area contributed by atoms with Crippen molar-refractivity contribution in [3.8, 4) is 0 Å². The van der Waals surface area contributed by atoms with Crippen molar-refractivity contribution >= 4 is 5.78 Å². The standard InChI is InChI=1S/C17H17NO/c1-11-3-6-16(12(2)7-11)17(19)13-4-5-14-9-18-10-15(14)8-13/h3-8,18H,9-10H2,1-2H3. The third-order valence-electron chi connectivity index (χ3n) is 3.73. The van der Waals surface area contributed by atoms with Gasteiger partial charge in [0.1, 0.15) is 0 Å². The Morgan fingerprint density at radius 1 is 1.00 bits per heavy atom. The average molecular weight is 251 g/mol. The third kappa shape index (κ3) is 2.20. The number of benzene rings is 2. The molecule has 0 amide bonds. The summed E-state index contributed by atoms with van der Waals surface area (Å²) < 4.78 is 0. The van der Waals surface area contributed by atoms with E-state index in [2.05, 4.69) is 17.4 Å². The van der Waals surface area contributed by atoms with E-state index in [4.69, 9.17) is 0 Å². The van der Waals surface area contributed by atoms with Crippen LogP contribution < -0.4 is 5.32 Å². The van der Waals surface area contributed by atoms with E-state index in [9.17, 15) is 4.79 Å². The van der Waals surface area contributed by atoms with Crippen molar-refractivity contribution in [3.05, 3.63) is 69.8 Å². The Morgan fingerprint density at radius 2 is 1.79 bits per heavy atom. The highest BCUT2D eigenvalue weighted by Gasteiger charge is 2.15. The first-order chi connectivity index (χ1) is 9.15. The van der Waals surface area contributed by atoms with Gasteiger partial charge in [0.25, 0.3) is 0 Å². The number of carbonyl (C=O) groups is 1. The van der Waals surface area contributed by atoms with E-state index in [0.717, 1.165) is 29.8 Å². The maximum atomic E-state index is 12.6. The molecule has 0 bridgehead atoms. The van der Waals surface area contributed by atoms with E-state index in [1.807, 2.05) is 38.1 Å². The molecular weight excluding hydrogens is 234 g/mol. The van der Waals surface area contributed by atoms with Gasteiger partial charge in [-0.2, -0.15) is 0 Å². The van der Waals surface area contributed by atoms with Crippen LogP contribution >= 0.6 is 0 Å². The highest BCUT2D eigenvalue weighted by atomic mass is 16.1. The first-order valence-electron chi connectivity index (χ1n) is 6.59. The van der Waals surface area contributed by atoms with Gasteiger partial charge in [-0.25, -0.2) is 0 Å². The van der Waals surface area contributed by atoms with Gasteiger partial charge in [-0.15, -0.1) is 0 Å². The lowest BCUT2D eigenvalue weighted by Crippen LogP contribution is -2.05. The molecule has 0 radical (unpaired) electrons. The number of fused-ring (bicyclic) bond motifs is 1. The Kier molecular flexibility index (Phi) is 2.96. The van der Waals surface area contributed by atoms with Gasteiger partial charge in [0.05, 0.1) is 0 Å². The van der Waals surface area contributed by atoms with Gasteiger partial charge in [0.15, 0.2) is 5.78 Å². The summed E-state index contributed by atoms with van der Waals surface area (Å²) in [5.41, 5.74) is 6.37. The lowest BCUT2D eigenvalue weighted by atomic mass is 9.95. The van der Waals surface area contributed by atoms with Crippen LogP contribution in [0, 0.1) is 13.8 Å². The number of rotatable bonds is 2. The zero-order valence-corrected chi connectivity index (χ0v) is 11.3. The van der Waals surface area contributed by atoms with Gasteiger partial charge in [-0.3, -0.25) is 4.79 Å². The molecule has 3 rings (SSSR count). The molecule has 19 heavy (non-hydrogen) atoms. The molecule has 2 heteroatoms. The van der Waals surface area contributed by atoms with Gasteiger partial charge in [-0.05, 0) is 36.6 Å². The second-order valence-corrected chi connectivity index (χ2v) is 5.23. The summed E-state index contributed by atoms with van der Waals surface area (Å²) in [6, 6.07) is 12.0. The van der Waals surface area contributed by atoms with Crippen molar-refractivity contribution in [2.45, 2.75) is 26.9 Å². The van der Waals surface area contributed by atoms with Crippen LogP contribution in [0.1, 0.15) is 38.2 Å². The zero-order chi connectivity index (χ0) is 13.4. The monoisotopic (exact) mass is 251 g/mol. The normalized spacial score (nSPS) is 13.4. The van der Waals surface area contributed by atoms with Crippen LogP contribution in [0.2, 0.25) is 0 Å². The largest absolute Gasteiger partial charge is 0.309 e. The molecule has 0 aromatic heterocycles. The summed E-state index contributed by atoms with van der Waals surface area (Å²) in [6.07, 6.45) is 0. The predicted molar refractivity (Wildman–Crippen MR) is 76.3 cm³/mol. The Bertz CT molecular complexity index is 658. The number of ketones is 1. The molecule has 0 saturated heterocycles. The first-order valence-corrected chi connectivity index (χ1v) is 6.59. The van der Waals surface area contributed by atoms with Crippen LogP contribution in [-0.2, 0) is 13.1 Å². The molecule has 1 aliphatic heterocycles. The number of carbonyl (C=O) groups excluding carboxylic acids is 1. The van der Waals surface area contributed by atoms with E-state index in [0.29, 0.717) is 0 Å². The van der Waals surface area contributed by atoms with Crippen LogP contribution in [-0.4, -0.2) is 5.78 Å². The second-order valence-electron chi connectivity index (χ2n) is 5.23. The molecule has 2 aromatic rings. The van der Waals surface area contributed by atoms with Gasteiger partial charge >= 0.3 is 0 Å². The van der Waals surface area contributed by atoms with Crippen molar-refractivity contribution in [3.63, 3.8) is 0 Å². The van der Waals surface area contributed by atoms with Gasteiger partial charge in [0, 0.05) is 24.2 Å². The van der Waals surface area contributed by atoms with Crippen LogP contribution in [0.5, 0.6) is 0 Å². The number of aryl methyl sites for hydroxylation is 2. The molecule has 2 aromatic carbocycles. The number of nitrogens with one attached hydrogen (secondary N) is 1. The van der Waals surface area contributed by atoms with Gasteiger partial charge in [0.2, 0.25) is 0 Å². The summed E-state index contributed by atoms with van der Waals surface area (Å²) in [5, 5.41) is 3.30. The number of hydrogen-bond acceptors (Lipinski definition) is 2. The molecule has 0 fully saturated rings. The lowest BCUT2D eigenvalue weighted by molar-refractivity contribution is 0.103. The van der Waals surface area contributed by atoms with Gasteiger partial charge < -0.3 is 5.32 Å². The van der Waals surface area contributed by atoms with E-state index in [-0.39, 0.29) is 5.78 Å². The summed E-state index contributed by atoms with van der Waals surface area (Å²) in [7, 11) is 0. The minimum atomic E-state index is 0.118. The molecule has 0 saturated carbocycles. The fourth-order valence-electron chi connectivity index (χ4n) is 2.66. The van der Waals surface area contributed by atoms with Crippen molar-refractivity contribution in [2.24, 2.45) is 0 Å². The Balaban J connectivity index is 2.00. The van der Waals surface area contributed by atoms with Gasteiger partial charge in [-0.1, -0.05) is 35.9 Å². The third-order valence-corrected chi connectivity index (χ3v) is 3.73. The summed E-state index contributed by atoms with van der Waals surface area (Å²) in [4.78, 5) is 12.6. The average Bonchev–Trinajstić information content (AvgIpc) is 2.85. The number of hydrogen-bond donors (Lipinski definition) is 1. The molecule has 0 unspecified atom stereocenters. The van der Waals surface area contributed by atoms with Crippen molar-refractivity contribution in [1.82, 2.24) is 5.32 Å². The summed E-state index contributed by atoms with van der Waals surface area (Å²) in [6.45, 7) is 5.81. The Labute approximate surface area is 113 Å². The first kappa shape index (κ1) is 12.1. The van der Waals surface area contributed by atoms with Crippen LogP contribution in [0.4, 0.5) is 0 Å². The molecular formula is C17H17NO. The maximum absolute atomic E-state index is 12.6. The molecule has 1 aliphatic rings. The molecule has 0 atom stereocenters. The Hall–Kier alpha value is -1.93. The molecule has 2 nitrogen and oxygen atoms in total. The summed E-state index contributed by atoms with van der Waals surface area (Å²) in [5.74, 6) is 0.118. The van der Waals surface area contributed by atoms with Crippen LogP contribution in [0.25, 0.3) is 0 Å². The highest BCUT2D eigenvalue weighted by Crippen LogP contribution is 2.21. The molecule has 0 spiro atoms. The molecule has 96 valence electrons. The van der Waals surface area contributed by atoms with E-state index in [1.165, 1.54) is 16.7 Å². The highest BCUT2D eigenvalue weighted by molar-refractivity contribution is 6.10. The zero-order valence-electron chi connectivity index (χ0n) is 11.3. The summed E-state index contributed by atoms with van der Waals surface area (Å²) >= 11 is 0. The van der Waals surface area contributed by atoms with Crippen molar-refractivity contribution < 1.29 is 4.79 Å². The quantitative estimate of drug-likeness (QED) is 0.831. The minimum absolute atomic E-state index is 0.118. The molecule has 1 heterocycles.